The number of carbonyl (C=O) groups is 1. The summed E-state index contributed by atoms with van der Waals surface area (Å²) in [6, 6.07) is 21.4. The molecule has 1 N–H and O–H groups in total. The maximum atomic E-state index is 14.9. The highest BCUT2D eigenvalue weighted by Crippen LogP contribution is 2.46. The fourth-order valence-corrected chi connectivity index (χ4v) is 5.32. The Labute approximate surface area is 211 Å². The fourth-order valence-electron chi connectivity index (χ4n) is 5.32. The molecule has 0 aliphatic carbocycles. The van der Waals surface area contributed by atoms with E-state index in [-0.39, 0.29) is 23.8 Å². The lowest BCUT2D eigenvalue weighted by atomic mass is 9.71. The minimum Gasteiger partial charge on any atom is -0.387 e. The van der Waals surface area contributed by atoms with Crippen molar-refractivity contribution in [2.45, 2.75) is 84.4 Å². The molecule has 35 heavy (non-hydrogen) atoms. The molecule has 0 spiro atoms. The van der Waals surface area contributed by atoms with Crippen molar-refractivity contribution in [2.75, 3.05) is 0 Å². The number of carbonyl (C=O) groups excluding carboxylic acids is 1. The van der Waals surface area contributed by atoms with Crippen molar-refractivity contribution >= 4 is 5.91 Å². The van der Waals surface area contributed by atoms with Gasteiger partial charge >= 0.3 is 0 Å². The Morgan fingerprint density at radius 2 is 1.34 bits per heavy atom. The third-order valence-corrected chi connectivity index (χ3v) is 6.80. The lowest BCUT2D eigenvalue weighted by Crippen LogP contribution is -2.64. The smallest absolute Gasteiger partial charge is 0.255 e. The molecule has 186 valence electrons. The normalized spacial score (nSPS) is 13.8. The highest BCUT2D eigenvalue weighted by atomic mass is 16.3. The summed E-state index contributed by atoms with van der Waals surface area (Å²) < 4.78 is 0. The number of nitrogens with zero attached hydrogens (tertiary/aromatic N) is 2. The van der Waals surface area contributed by atoms with Gasteiger partial charge in [0.2, 0.25) is 0 Å². The summed E-state index contributed by atoms with van der Waals surface area (Å²) in [7, 11) is 0. The molecule has 0 radical (unpaired) electrons. The Hall–Kier alpha value is -2.98. The maximum absolute atomic E-state index is 14.9. The lowest BCUT2D eigenvalue weighted by molar-refractivity contribution is -0.0730. The minimum absolute atomic E-state index is 0.0929. The maximum Gasteiger partial charge on any atom is 0.255 e. The number of aliphatic hydroxyl groups is 1. The number of hydrogen-bond donors (Lipinski definition) is 1. The van der Waals surface area contributed by atoms with E-state index in [9.17, 15) is 9.90 Å². The molecule has 1 unspecified atom stereocenters. The van der Waals surface area contributed by atoms with Crippen LogP contribution in [0.4, 0.5) is 0 Å². The van der Waals surface area contributed by atoms with Crippen molar-refractivity contribution in [3.8, 4) is 0 Å². The predicted molar refractivity (Wildman–Crippen MR) is 144 cm³/mol. The second kappa shape index (κ2) is 10.3. The second-order valence-electron chi connectivity index (χ2n) is 10.7. The average molecular weight is 473 g/mol. The van der Waals surface area contributed by atoms with Crippen LogP contribution < -0.4 is 0 Å². The molecular weight excluding hydrogens is 432 g/mol. The van der Waals surface area contributed by atoms with E-state index in [1.807, 2.05) is 73.3 Å². The van der Waals surface area contributed by atoms with Crippen molar-refractivity contribution in [1.82, 2.24) is 9.88 Å². The quantitative estimate of drug-likeness (QED) is 0.388. The summed E-state index contributed by atoms with van der Waals surface area (Å²) >= 11 is 0. The zero-order valence-corrected chi connectivity index (χ0v) is 22.4. The molecule has 3 aromatic rings. The summed E-state index contributed by atoms with van der Waals surface area (Å²) in [6.07, 6.45) is 1.73. The number of amides is 1. The van der Waals surface area contributed by atoms with E-state index in [1.165, 1.54) is 0 Å². The van der Waals surface area contributed by atoms with Crippen molar-refractivity contribution < 1.29 is 9.90 Å². The van der Waals surface area contributed by atoms with Crippen LogP contribution >= 0.6 is 0 Å². The van der Waals surface area contributed by atoms with E-state index in [4.69, 9.17) is 4.98 Å². The van der Waals surface area contributed by atoms with Crippen molar-refractivity contribution in [3.05, 3.63) is 101 Å². The van der Waals surface area contributed by atoms with Crippen LogP contribution in [-0.2, 0) is 5.54 Å². The Kier molecular flexibility index (Phi) is 7.86. The van der Waals surface area contributed by atoms with Crippen molar-refractivity contribution in [3.63, 3.8) is 0 Å². The highest BCUT2D eigenvalue weighted by Gasteiger charge is 2.55. The molecule has 1 heterocycles. The van der Waals surface area contributed by atoms with Gasteiger partial charge in [-0.2, -0.15) is 0 Å². The molecular formula is C31H40N2O2. The topological polar surface area (TPSA) is 53.4 Å². The number of hydrogen-bond acceptors (Lipinski definition) is 3. The van der Waals surface area contributed by atoms with Crippen LogP contribution in [0.3, 0.4) is 0 Å². The van der Waals surface area contributed by atoms with Gasteiger partial charge in [-0.05, 0) is 68.4 Å². The number of benzene rings is 2. The third-order valence-electron chi connectivity index (χ3n) is 6.80. The molecule has 1 amide bonds. The predicted octanol–water partition coefficient (Wildman–Crippen LogP) is 6.89. The summed E-state index contributed by atoms with van der Waals surface area (Å²) in [6.45, 7) is 16.0. The molecule has 0 saturated heterocycles. The molecule has 0 bridgehead atoms. The van der Waals surface area contributed by atoms with E-state index >= 15 is 0 Å². The van der Waals surface area contributed by atoms with Crippen molar-refractivity contribution in [2.24, 2.45) is 0 Å². The monoisotopic (exact) mass is 472 g/mol. The fraction of sp³-hybridized carbons (Fsp3) is 0.419. The van der Waals surface area contributed by atoms with E-state index in [1.54, 1.807) is 20.0 Å². The first-order chi connectivity index (χ1) is 16.4. The Bertz CT molecular complexity index is 1060. The Balaban J connectivity index is 2.46. The van der Waals surface area contributed by atoms with Crippen LogP contribution in [0.2, 0.25) is 0 Å². The van der Waals surface area contributed by atoms with E-state index in [2.05, 4.69) is 39.8 Å². The summed E-state index contributed by atoms with van der Waals surface area (Å²) in [5.41, 5.74) is 1.64. The van der Waals surface area contributed by atoms with E-state index < -0.39 is 11.1 Å². The molecule has 1 aromatic heterocycles. The van der Waals surface area contributed by atoms with E-state index in [0.29, 0.717) is 5.69 Å². The SMILES string of the molecule is CC(C)c1cccc(C(C)C)c1C(=O)N(C(C)C)C(c1ccccc1)(c1ccccn1)C(C)(C)O. The van der Waals surface area contributed by atoms with Crippen LogP contribution in [0, 0.1) is 0 Å². The summed E-state index contributed by atoms with van der Waals surface area (Å²) in [5, 5.41) is 12.0. The van der Waals surface area contributed by atoms with Gasteiger partial charge in [-0.3, -0.25) is 9.78 Å². The largest absolute Gasteiger partial charge is 0.387 e. The van der Waals surface area contributed by atoms with Crippen LogP contribution in [0.5, 0.6) is 0 Å². The molecule has 3 rings (SSSR count). The average Bonchev–Trinajstić information content (AvgIpc) is 2.81. The molecule has 0 aliphatic heterocycles. The van der Waals surface area contributed by atoms with Crippen molar-refractivity contribution in [1.29, 1.82) is 0 Å². The Morgan fingerprint density at radius 3 is 1.77 bits per heavy atom. The summed E-state index contributed by atoms with van der Waals surface area (Å²) in [4.78, 5) is 21.5. The molecule has 2 aromatic carbocycles. The van der Waals surface area contributed by atoms with Gasteiger partial charge in [0.25, 0.3) is 5.91 Å². The second-order valence-corrected chi connectivity index (χ2v) is 10.7. The molecule has 0 fully saturated rings. The van der Waals surface area contributed by atoms with Gasteiger partial charge in [-0.15, -0.1) is 0 Å². The van der Waals surface area contributed by atoms with Gasteiger partial charge in [0, 0.05) is 17.8 Å². The van der Waals surface area contributed by atoms with Gasteiger partial charge in [0.15, 0.2) is 0 Å². The number of pyridine rings is 1. The van der Waals surface area contributed by atoms with Crippen LogP contribution in [0.15, 0.2) is 72.9 Å². The van der Waals surface area contributed by atoms with E-state index in [0.717, 1.165) is 22.3 Å². The number of rotatable bonds is 8. The first-order valence-electron chi connectivity index (χ1n) is 12.6. The minimum atomic E-state index is -1.35. The van der Waals surface area contributed by atoms with Gasteiger partial charge in [0.05, 0.1) is 11.3 Å². The molecule has 0 aliphatic rings. The molecule has 1 atom stereocenters. The molecule has 4 heteroatoms. The van der Waals surface area contributed by atoms with Gasteiger partial charge in [-0.25, -0.2) is 0 Å². The van der Waals surface area contributed by atoms with Gasteiger partial charge in [0.1, 0.15) is 5.54 Å². The van der Waals surface area contributed by atoms with Crippen LogP contribution in [-0.4, -0.2) is 32.5 Å². The zero-order chi connectivity index (χ0) is 26.0. The first-order valence-corrected chi connectivity index (χ1v) is 12.6. The Morgan fingerprint density at radius 1 is 0.800 bits per heavy atom. The summed E-state index contributed by atoms with van der Waals surface area (Å²) in [5.74, 6) is 0.249. The van der Waals surface area contributed by atoms with Crippen LogP contribution in [0.1, 0.15) is 100.0 Å². The standard InChI is InChI=1S/C31H40N2O2/c1-21(2)25-17-14-18-26(22(3)4)28(25)29(34)33(23(5)6)31(30(7,8)35,24-15-10-9-11-16-24)27-19-12-13-20-32-27/h9-23,35H,1-8H3. The first kappa shape index (κ1) is 26.6. The van der Waals surface area contributed by atoms with Crippen LogP contribution in [0.25, 0.3) is 0 Å². The third kappa shape index (κ3) is 4.77. The lowest BCUT2D eigenvalue weighted by Gasteiger charge is -2.53. The molecule has 4 nitrogen and oxygen atoms in total. The highest BCUT2D eigenvalue weighted by molar-refractivity contribution is 5.99. The van der Waals surface area contributed by atoms with Gasteiger partial charge < -0.3 is 10.0 Å². The van der Waals surface area contributed by atoms with Gasteiger partial charge in [-0.1, -0.05) is 82.3 Å². The number of aromatic nitrogens is 1. The molecule has 0 saturated carbocycles. The zero-order valence-electron chi connectivity index (χ0n) is 22.4.